The molecule has 1 aromatic heterocycles. The summed E-state index contributed by atoms with van der Waals surface area (Å²) < 4.78 is 0. The molecule has 1 atom stereocenters. The smallest absolute Gasteiger partial charge is 0.267 e. The first kappa shape index (κ1) is 16.9. The largest absolute Gasteiger partial charge is 0.350 e. The van der Waals surface area contributed by atoms with Crippen molar-refractivity contribution in [2.24, 2.45) is 0 Å². The molecular weight excluding hydrogens is 343 g/mol. The van der Waals surface area contributed by atoms with Crippen LogP contribution in [0.25, 0.3) is 10.9 Å². The Morgan fingerprint density at radius 2 is 2.04 bits per heavy atom. The quantitative estimate of drug-likeness (QED) is 0.750. The molecule has 1 aliphatic rings. The maximum absolute atomic E-state index is 12.5. The van der Waals surface area contributed by atoms with Crippen molar-refractivity contribution < 1.29 is 4.79 Å². The SMILES string of the molecule is C=CC1=C(/C=C\C)CC(NC(=O)c2cc3c(Cl)cc(Cl)cc3[nH]2)C1. The summed E-state index contributed by atoms with van der Waals surface area (Å²) in [6.07, 6.45) is 7.55. The number of benzene rings is 1. The summed E-state index contributed by atoms with van der Waals surface area (Å²) >= 11 is 12.2. The van der Waals surface area contributed by atoms with Gasteiger partial charge in [-0.05, 0) is 49.1 Å². The lowest BCUT2D eigenvalue weighted by atomic mass is 10.1. The van der Waals surface area contributed by atoms with E-state index in [1.165, 1.54) is 11.1 Å². The zero-order chi connectivity index (χ0) is 17.3. The Kier molecular flexibility index (Phi) is 4.83. The van der Waals surface area contributed by atoms with E-state index in [9.17, 15) is 4.79 Å². The van der Waals surface area contributed by atoms with Gasteiger partial charge in [0.1, 0.15) is 5.69 Å². The van der Waals surface area contributed by atoms with E-state index in [4.69, 9.17) is 23.2 Å². The highest BCUT2D eigenvalue weighted by atomic mass is 35.5. The van der Waals surface area contributed by atoms with Gasteiger partial charge in [-0.15, -0.1) is 0 Å². The van der Waals surface area contributed by atoms with Crippen LogP contribution in [-0.2, 0) is 0 Å². The predicted octanol–water partition coefficient (Wildman–Crippen LogP) is 5.43. The third-order valence-electron chi connectivity index (χ3n) is 4.19. The molecule has 1 aromatic carbocycles. The van der Waals surface area contributed by atoms with E-state index in [0.29, 0.717) is 15.7 Å². The number of aromatic nitrogens is 1. The van der Waals surface area contributed by atoms with Gasteiger partial charge < -0.3 is 10.3 Å². The number of allylic oxidation sites excluding steroid dienone is 3. The van der Waals surface area contributed by atoms with Crippen LogP contribution in [0.15, 0.2) is 54.2 Å². The van der Waals surface area contributed by atoms with Crippen molar-refractivity contribution in [1.82, 2.24) is 10.3 Å². The topological polar surface area (TPSA) is 44.9 Å². The average Bonchev–Trinajstić information content (AvgIpc) is 3.11. The minimum absolute atomic E-state index is 0.0715. The second-order valence-electron chi connectivity index (χ2n) is 5.87. The molecule has 0 bridgehead atoms. The first-order valence-electron chi connectivity index (χ1n) is 7.77. The number of halogens is 2. The van der Waals surface area contributed by atoms with Gasteiger partial charge in [0, 0.05) is 22.0 Å². The van der Waals surface area contributed by atoms with Gasteiger partial charge in [-0.1, -0.05) is 48.0 Å². The Labute approximate surface area is 151 Å². The molecule has 0 spiro atoms. The summed E-state index contributed by atoms with van der Waals surface area (Å²) in [5.41, 5.74) is 3.64. The molecule has 1 heterocycles. The fourth-order valence-electron chi connectivity index (χ4n) is 3.10. The van der Waals surface area contributed by atoms with Crippen LogP contribution in [0.4, 0.5) is 0 Å². The average molecular weight is 361 g/mol. The highest BCUT2D eigenvalue weighted by Gasteiger charge is 2.23. The first-order valence-corrected chi connectivity index (χ1v) is 8.53. The summed E-state index contributed by atoms with van der Waals surface area (Å²) in [6, 6.07) is 5.26. The van der Waals surface area contributed by atoms with Crippen molar-refractivity contribution in [2.45, 2.75) is 25.8 Å². The molecule has 2 aromatic rings. The third kappa shape index (κ3) is 3.28. The van der Waals surface area contributed by atoms with Crippen LogP contribution >= 0.6 is 23.2 Å². The van der Waals surface area contributed by atoms with E-state index in [-0.39, 0.29) is 11.9 Å². The number of fused-ring (bicyclic) bond motifs is 1. The van der Waals surface area contributed by atoms with Gasteiger partial charge >= 0.3 is 0 Å². The van der Waals surface area contributed by atoms with Gasteiger partial charge in [0.2, 0.25) is 0 Å². The highest BCUT2D eigenvalue weighted by molar-refractivity contribution is 6.38. The maximum atomic E-state index is 12.5. The molecule has 124 valence electrons. The molecule has 1 amide bonds. The molecule has 2 N–H and O–H groups in total. The summed E-state index contributed by atoms with van der Waals surface area (Å²) in [5, 5.41) is 4.92. The molecule has 0 radical (unpaired) electrons. The van der Waals surface area contributed by atoms with Crippen LogP contribution in [0.1, 0.15) is 30.3 Å². The predicted molar refractivity (Wildman–Crippen MR) is 101 cm³/mol. The summed E-state index contributed by atoms with van der Waals surface area (Å²) in [7, 11) is 0. The van der Waals surface area contributed by atoms with E-state index in [0.717, 1.165) is 23.7 Å². The third-order valence-corrected chi connectivity index (χ3v) is 4.72. The molecule has 0 saturated heterocycles. The number of hydrogen-bond donors (Lipinski definition) is 2. The van der Waals surface area contributed by atoms with Crippen LogP contribution in [0.5, 0.6) is 0 Å². The molecule has 24 heavy (non-hydrogen) atoms. The Hall–Kier alpha value is -1.97. The van der Waals surface area contributed by atoms with Gasteiger partial charge in [-0.3, -0.25) is 4.79 Å². The van der Waals surface area contributed by atoms with Crippen molar-refractivity contribution in [3.05, 3.63) is 69.9 Å². The lowest BCUT2D eigenvalue weighted by molar-refractivity contribution is 0.0934. The van der Waals surface area contributed by atoms with Crippen LogP contribution in [0.2, 0.25) is 10.0 Å². The van der Waals surface area contributed by atoms with E-state index < -0.39 is 0 Å². The van der Waals surface area contributed by atoms with E-state index in [1.807, 2.05) is 19.1 Å². The van der Waals surface area contributed by atoms with E-state index in [1.54, 1.807) is 18.2 Å². The lowest BCUT2D eigenvalue weighted by Crippen LogP contribution is -2.33. The first-order chi connectivity index (χ1) is 11.5. The van der Waals surface area contributed by atoms with Crippen LogP contribution < -0.4 is 5.32 Å². The van der Waals surface area contributed by atoms with Gasteiger partial charge in [-0.2, -0.15) is 0 Å². The fourth-order valence-corrected chi connectivity index (χ4v) is 3.65. The fraction of sp³-hybridized carbons (Fsp3) is 0.211. The van der Waals surface area contributed by atoms with E-state index >= 15 is 0 Å². The number of carbonyl (C=O) groups excluding carboxylic acids is 1. The molecule has 3 rings (SSSR count). The summed E-state index contributed by atoms with van der Waals surface area (Å²) in [6.45, 7) is 5.84. The number of nitrogens with one attached hydrogen (secondary N) is 2. The zero-order valence-electron chi connectivity index (χ0n) is 13.3. The molecule has 0 aliphatic heterocycles. The van der Waals surface area contributed by atoms with Gasteiger partial charge in [-0.25, -0.2) is 0 Å². The number of aromatic amines is 1. The van der Waals surface area contributed by atoms with Crippen molar-refractivity contribution in [3.63, 3.8) is 0 Å². The summed E-state index contributed by atoms with van der Waals surface area (Å²) in [4.78, 5) is 15.6. The van der Waals surface area contributed by atoms with Crippen molar-refractivity contribution in [1.29, 1.82) is 0 Å². The second-order valence-corrected chi connectivity index (χ2v) is 6.71. The zero-order valence-corrected chi connectivity index (χ0v) is 14.8. The molecule has 3 nitrogen and oxygen atoms in total. The molecule has 1 aliphatic carbocycles. The normalized spacial score (nSPS) is 17.9. The highest BCUT2D eigenvalue weighted by Crippen LogP contribution is 2.30. The molecule has 0 fully saturated rings. The van der Waals surface area contributed by atoms with Crippen LogP contribution in [-0.4, -0.2) is 16.9 Å². The minimum Gasteiger partial charge on any atom is -0.350 e. The molecular formula is C19H18Cl2N2O. The Balaban J connectivity index is 1.77. The number of rotatable bonds is 4. The number of H-pyrrole nitrogens is 1. The van der Waals surface area contributed by atoms with Gasteiger partial charge in [0.25, 0.3) is 5.91 Å². The second kappa shape index (κ2) is 6.88. The Morgan fingerprint density at radius 1 is 1.29 bits per heavy atom. The van der Waals surface area contributed by atoms with Crippen LogP contribution in [0, 0.1) is 0 Å². The number of amides is 1. The number of hydrogen-bond acceptors (Lipinski definition) is 1. The number of carbonyl (C=O) groups is 1. The van der Waals surface area contributed by atoms with Crippen molar-refractivity contribution >= 4 is 40.0 Å². The summed E-state index contributed by atoms with van der Waals surface area (Å²) in [5.74, 6) is -0.145. The van der Waals surface area contributed by atoms with Crippen molar-refractivity contribution in [3.8, 4) is 0 Å². The minimum atomic E-state index is -0.145. The van der Waals surface area contributed by atoms with Gasteiger partial charge in [0.05, 0.1) is 5.02 Å². The molecule has 0 saturated carbocycles. The Bertz CT molecular complexity index is 877. The molecule has 1 unspecified atom stereocenters. The van der Waals surface area contributed by atoms with Crippen molar-refractivity contribution in [2.75, 3.05) is 0 Å². The lowest BCUT2D eigenvalue weighted by Gasteiger charge is -2.11. The van der Waals surface area contributed by atoms with Gasteiger partial charge in [0.15, 0.2) is 0 Å². The Morgan fingerprint density at radius 3 is 2.75 bits per heavy atom. The maximum Gasteiger partial charge on any atom is 0.267 e. The van der Waals surface area contributed by atoms with Crippen LogP contribution in [0.3, 0.4) is 0 Å². The monoisotopic (exact) mass is 360 g/mol. The standard InChI is InChI=1S/C19H18Cl2N2O/c1-3-5-12-7-14(6-11(12)4-2)22-19(24)18-10-15-16(21)8-13(20)9-17(15)23-18/h3-5,8-10,14,23H,2,6-7H2,1H3,(H,22,24)/b5-3-. The molecule has 5 heteroatoms. The van der Waals surface area contributed by atoms with E-state index in [2.05, 4.69) is 23.0 Å².